The summed E-state index contributed by atoms with van der Waals surface area (Å²) >= 11 is 0. The normalized spacial score (nSPS) is 11.0. The molecule has 0 bridgehead atoms. The smallest absolute Gasteiger partial charge is 0.264 e. The maximum Gasteiger partial charge on any atom is 0.264 e. The molecule has 0 aromatic heterocycles. The van der Waals surface area contributed by atoms with Crippen LogP contribution in [0.3, 0.4) is 0 Å². The second kappa shape index (κ2) is 10.9. The van der Waals surface area contributed by atoms with E-state index in [1.807, 2.05) is 31.2 Å². The van der Waals surface area contributed by atoms with E-state index in [2.05, 4.69) is 5.32 Å². The number of aryl methyl sites for hydroxylation is 1. The maximum atomic E-state index is 13.5. The number of carbonyl (C=O) groups excluding carboxylic acids is 1. The summed E-state index contributed by atoms with van der Waals surface area (Å²) in [6.45, 7) is 4.02. The lowest BCUT2D eigenvalue weighted by Gasteiger charge is -2.24. The van der Waals surface area contributed by atoms with E-state index in [4.69, 9.17) is 9.47 Å². The SMILES string of the molecule is CCOc1ccccc1CNC(=O)CN(c1ccccc1)S(=O)(=O)c1ccc(OC)c(C)c1. The molecule has 174 valence electrons. The molecule has 33 heavy (non-hydrogen) atoms. The Bertz CT molecular complexity index is 1200. The summed E-state index contributed by atoms with van der Waals surface area (Å²) in [7, 11) is -2.48. The number of hydrogen-bond acceptors (Lipinski definition) is 5. The van der Waals surface area contributed by atoms with E-state index in [1.54, 1.807) is 49.4 Å². The van der Waals surface area contributed by atoms with E-state index in [1.165, 1.54) is 13.2 Å². The van der Waals surface area contributed by atoms with Gasteiger partial charge in [-0.15, -0.1) is 0 Å². The standard InChI is InChI=1S/C25H28N2O5S/c1-4-32-24-13-9-8-10-20(24)17-26-25(28)18-27(21-11-6-5-7-12-21)33(29,30)22-14-15-23(31-3)19(2)16-22/h5-16H,4,17-18H2,1-3H3,(H,26,28). The molecule has 0 spiro atoms. The van der Waals surface area contributed by atoms with Crippen LogP contribution in [0, 0.1) is 6.92 Å². The number of nitrogens with zero attached hydrogens (tertiary/aromatic N) is 1. The largest absolute Gasteiger partial charge is 0.496 e. The van der Waals surface area contributed by atoms with Crippen LogP contribution in [0.4, 0.5) is 5.69 Å². The lowest BCUT2D eigenvalue weighted by atomic mass is 10.2. The summed E-state index contributed by atoms with van der Waals surface area (Å²) in [5, 5.41) is 2.81. The predicted octanol–water partition coefficient (Wildman–Crippen LogP) is 3.91. The Labute approximate surface area is 195 Å². The van der Waals surface area contributed by atoms with Gasteiger partial charge in [-0.2, -0.15) is 0 Å². The van der Waals surface area contributed by atoms with E-state index >= 15 is 0 Å². The van der Waals surface area contributed by atoms with Crippen LogP contribution in [0.15, 0.2) is 77.7 Å². The minimum absolute atomic E-state index is 0.0825. The first-order chi connectivity index (χ1) is 15.9. The fraction of sp³-hybridized carbons (Fsp3) is 0.240. The summed E-state index contributed by atoms with van der Waals surface area (Å²) in [5.74, 6) is 0.839. The quantitative estimate of drug-likeness (QED) is 0.488. The number of para-hydroxylation sites is 2. The lowest BCUT2D eigenvalue weighted by Crippen LogP contribution is -2.40. The van der Waals surface area contributed by atoms with Crippen LogP contribution in [0.5, 0.6) is 11.5 Å². The monoisotopic (exact) mass is 468 g/mol. The van der Waals surface area contributed by atoms with E-state index < -0.39 is 15.9 Å². The van der Waals surface area contributed by atoms with Gasteiger partial charge in [0.25, 0.3) is 10.0 Å². The van der Waals surface area contributed by atoms with Gasteiger partial charge in [0.2, 0.25) is 5.91 Å². The summed E-state index contributed by atoms with van der Waals surface area (Å²) in [5.41, 5.74) is 1.90. The van der Waals surface area contributed by atoms with Gasteiger partial charge in [-0.1, -0.05) is 36.4 Å². The van der Waals surface area contributed by atoms with Gasteiger partial charge in [0.05, 0.1) is 24.3 Å². The molecule has 3 aromatic carbocycles. The van der Waals surface area contributed by atoms with Crippen LogP contribution < -0.4 is 19.1 Å². The van der Waals surface area contributed by atoms with Crippen molar-refractivity contribution >= 4 is 21.6 Å². The first-order valence-corrected chi connectivity index (χ1v) is 12.0. The summed E-state index contributed by atoms with van der Waals surface area (Å²) in [4.78, 5) is 12.9. The molecule has 0 saturated heterocycles. The van der Waals surface area contributed by atoms with Crippen LogP contribution >= 0.6 is 0 Å². The second-order valence-corrected chi connectivity index (χ2v) is 9.16. The third-order valence-electron chi connectivity index (χ3n) is 5.03. The number of amides is 1. The van der Waals surface area contributed by atoms with Crippen LogP contribution in [0.1, 0.15) is 18.1 Å². The average Bonchev–Trinajstić information content (AvgIpc) is 2.82. The molecule has 7 nitrogen and oxygen atoms in total. The zero-order valence-corrected chi connectivity index (χ0v) is 19.8. The summed E-state index contributed by atoms with van der Waals surface area (Å²) in [6, 6.07) is 20.6. The molecule has 0 fully saturated rings. The number of sulfonamides is 1. The van der Waals surface area contributed by atoms with Crippen molar-refractivity contribution in [2.45, 2.75) is 25.3 Å². The molecule has 0 radical (unpaired) electrons. The zero-order valence-electron chi connectivity index (χ0n) is 18.9. The van der Waals surface area contributed by atoms with Gasteiger partial charge >= 0.3 is 0 Å². The first kappa shape index (κ1) is 24.1. The van der Waals surface area contributed by atoms with Crippen molar-refractivity contribution in [3.05, 3.63) is 83.9 Å². The molecule has 3 rings (SSSR count). The molecule has 0 aliphatic heterocycles. The minimum Gasteiger partial charge on any atom is -0.496 e. The van der Waals surface area contributed by atoms with Crippen LogP contribution in [0.2, 0.25) is 0 Å². The number of hydrogen-bond donors (Lipinski definition) is 1. The first-order valence-electron chi connectivity index (χ1n) is 10.6. The molecular weight excluding hydrogens is 440 g/mol. The molecule has 8 heteroatoms. The molecular formula is C25H28N2O5S. The molecule has 1 N–H and O–H groups in total. The Kier molecular flexibility index (Phi) is 7.95. The van der Waals surface area contributed by atoms with Crippen molar-refractivity contribution in [3.63, 3.8) is 0 Å². The van der Waals surface area contributed by atoms with Crippen molar-refractivity contribution in [1.82, 2.24) is 5.32 Å². The molecule has 1 amide bonds. The highest BCUT2D eigenvalue weighted by Crippen LogP contribution is 2.27. The van der Waals surface area contributed by atoms with Gasteiger partial charge in [-0.25, -0.2) is 8.42 Å². The predicted molar refractivity (Wildman–Crippen MR) is 128 cm³/mol. The minimum atomic E-state index is -4.00. The number of methoxy groups -OCH3 is 1. The number of rotatable bonds is 10. The Hall–Kier alpha value is -3.52. The van der Waals surface area contributed by atoms with E-state index in [-0.39, 0.29) is 18.0 Å². The van der Waals surface area contributed by atoms with Crippen LogP contribution in [0.25, 0.3) is 0 Å². The zero-order chi connectivity index (χ0) is 23.8. The number of benzene rings is 3. The van der Waals surface area contributed by atoms with Crippen molar-refractivity contribution < 1.29 is 22.7 Å². The number of nitrogens with one attached hydrogen (secondary N) is 1. The van der Waals surface area contributed by atoms with Gasteiger partial charge in [-0.05, 0) is 55.8 Å². The highest BCUT2D eigenvalue weighted by atomic mass is 32.2. The Morgan fingerprint density at radius 2 is 1.67 bits per heavy atom. The van der Waals surface area contributed by atoms with Crippen molar-refractivity contribution in [3.8, 4) is 11.5 Å². The average molecular weight is 469 g/mol. The molecule has 0 saturated carbocycles. The number of ether oxygens (including phenoxy) is 2. The lowest BCUT2D eigenvalue weighted by molar-refractivity contribution is -0.119. The van der Waals surface area contributed by atoms with Crippen molar-refractivity contribution in [1.29, 1.82) is 0 Å². The van der Waals surface area contributed by atoms with Crippen LogP contribution in [-0.4, -0.2) is 34.6 Å². The molecule has 0 unspecified atom stereocenters. The van der Waals surface area contributed by atoms with Gasteiger partial charge < -0.3 is 14.8 Å². The van der Waals surface area contributed by atoms with Crippen LogP contribution in [-0.2, 0) is 21.4 Å². The van der Waals surface area contributed by atoms with Crippen molar-refractivity contribution in [2.75, 3.05) is 24.6 Å². The molecule has 0 atom stereocenters. The highest BCUT2D eigenvalue weighted by Gasteiger charge is 2.27. The highest BCUT2D eigenvalue weighted by molar-refractivity contribution is 7.92. The fourth-order valence-corrected chi connectivity index (χ4v) is 4.88. The van der Waals surface area contributed by atoms with Gasteiger partial charge in [-0.3, -0.25) is 9.10 Å². The second-order valence-electron chi connectivity index (χ2n) is 7.30. The Balaban J connectivity index is 1.85. The molecule has 0 aliphatic carbocycles. The van der Waals surface area contributed by atoms with E-state index in [0.29, 0.717) is 29.4 Å². The third kappa shape index (κ3) is 5.84. The Morgan fingerprint density at radius 3 is 2.33 bits per heavy atom. The number of carbonyl (C=O) groups is 1. The van der Waals surface area contributed by atoms with Gasteiger partial charge in [0, 0.05) is 12.1 Å². The third-order valence-corrected chi connectivity index (χ3v) is 6.80. The maximum absolute atomic E-state index is 13.5. The Morgan fingerprint density at radius 1 is 0.970 bits per heavy atom. The molecule has 3 aromatic rings. The van der Waals surface area contributed by atoms with Crippen molar-refractivity contribution in [2.24, 2.45) is 0 Å². The summed E-state index contributed by atoms with van der Waals surface area (Å²) < 4.78 is 39.0. The fourth-order valence-electron chi connectivity index (χ4n) is 3.37. The van der Waals surface area contributed by atoms with E-state index in [0.717, 1.165) is 9.87 Å². The molecule has 0 heterocycles. The topological polar surface area (TPSA) is 84.9 Å². The molecule has 0 aliphatic rings. The summed E-state index contributed by atoms with van der Waals surface area (Å²) in [6.07, 6.45) is 0. The van der Waals surface area contributed by atoms with E-state index in [9.17, 15) is 13.2 Å². The van der Waals surface area contributed by atoms with Gasteiger partial charge in [0.1, 0.15) is 18.0 Å². The number of anilines is 1. The van der Waals surface area contributed by atoms with Gasteiger partial charge in [0.15, 0.2) is 0 Å².